The summed E-state index contributed by atoms with van der Waals surface area (Å²) < 4.78 is 0. The zero-order valence-electron chi connectivity index (χ0n) is 18.3. The van der Waals surface area contributed by atoms with E-state index in [-0.39, 0.29) is 22.2 Å². The maximum absolute atomic E-state index is 12.8. The number of amides is 2. The van der Waals surface area contributed by atoms with E-state index in [9.17, 15) is 24.7 Å². The molecule has 2 aromatic heterocycles. The van der Waals surface area contributed by atoms with Gasteiger partial charge in [-0.25, -0.2) is 14.8 Å². The fourth-order valence-corrected chi connectivity index (χ4v) is 6.85. The Morgan fingerprint density at radius 1 is 1.34 bits per heavy atom. The first kappa shape index (κ1) is 24.8. The van der Waals surface area contributed by atoms with Crippen LogP contribution < -0.4 is 16.8 Å². The first-order chi connectivity index (χ1) is 16.7. The first-order valence-corrected chi connectivity index (χ1v) is 13.1. The third kappa shape index (κ3) is 5.06. The van der Waals surface area contributed by atoms with Crippen LogP contribution in [0.3, 0.4) is 0 Å². The van der Waals surface area contributed by atoms with Gasteiger partial charge in [0.05, 0.1) is 0 Å². The van der Waals surface area contributed by atoms with Crippen molar-refractivity contribution in [1.29, 1.82) is 0 Å². The van der Waals surface area contributed by atoms with Crippen molar-refractivity contribution in [3.63, 3.8) is 0 Å². The molecule has 4 rings (SSSR count). The first-order valence-electron chi connectivity index (χ1n) is 10.2. The molecule has 1 saturated heterocycles. The van der Waals surface area contributed by atoms with Gasteiger partial charge in [-0.05, 0) is 31.0 Å². The van der Waals surface area contributed by atoms with E-state index in [1.165, 1.54) is 33.8 Å². The fraction of sp³-hybridized carbons (Fsp3) is 0.300. The largest absolute Gasteiger partial charge is 0.477 e. The lowest BCUT2D eigenvalue weighted by Crippen LogP contribution is -2.71. The second-order valence-corrected chi connectivity index (χ2v) is 10.8. The van der Waals surface area contributed by atoms with Crippen molar-refractivity contribution in [3.05, 3.63) is 45.1 Å². The number of aromatic nitrogens is 2. The molecule has 2 aromatic rings. The maximum Gasteiger partial charge on any atom is 0.353 e. The number of rotatable bonds is 8. The highest BCUT2D eigenvalue weighted by molar-refractivity contribution is 8.06. The van der Waals surface area contributed by atoms with Gasteiger partial charge in [0, 0.05) is 27.5 Å². The van der Waals surface area contributed by atoms with Gasteiger partial charge < -0.3 is 27.1 Å². The summed E-state index contributed by atoms with van der Waals surface area (Å²) in [6.07, 6.45) is 0.581. The number of nitrogens with two attached hydrogens (primary N) is 2. The summed E-state index contributed by atoms with van der Waals surface area (Å²) in [5.74, 6) is -1.25. The van der Waals surface area contributed by atoms with Crippen LogP contribution in [-0.2, 0) is 20.8 Å². The van der Waals surface area contributed by atoms with Crippen molar-refractivity contribution in [1.82, 2.24) is 20.2 Å². The summed E-state index contributed by atoms with van der Waals surface area (Å²) in [4.78, 5) is 47.4. The SMILES string of the molecule is Cc1cc(N)nc(CCSC2=C(C(=O)O)N3C(=O)[C@@H](NC(=O)/C(=N\O)c4csc(N)n4)[C@H]3SC2)c1. The van der Waals surface area contributed by atoms with E-state index < -0.39 is 29.2 Å². The van der Waals surface area contributed by atoms with Crippen LogP contribution in [0, 0.1) is 6.92 Å². The number of hydrogen-bond acceptors (Lipinski definition) is 12. The van der Waals surface area contributed by atoms with Crippen LogP contribution in [-0.4, -0.2) is 71.6 Å². The van der Waals surface area contributed by atoms with E-state index >= 15 is 0 Å². The highest BCUT2D eigenvalue weighted by Crippen LogP contribution is 2.43. The van der Waals surface area contributed by atoms with Crippen LogP contribution in [0.5, 0.6) is 0 Å². The molecule has 0 saturated carbocycles. The van der Waals surface area contributed by atoms with Crippen molar-refractivity contribution >= 4 is 69.3 Å². The van der Waals surface area contributed by atoms with Gasteiger partial charge in [0.2, 0.25) is 0 Å². The zero-order chi connectivity index (χ0) is 25.3. The quantitative estimate of drug-likeness (QED) is 0.139. The van der Waals surface area contributed by atoms with E-state index in [1.807, 2.05) is 13.0 Å². The Morgan fingerprint density at radius 3 is 2.74 bits per heavy atom. The molecule has 1 fully saturated rings. The molecular weight excluding hydrogens is 514 g/mol. The monoisotopic (exact) mass is 535 g/mol. The second kappa shape index (κ2) is 10.1. The number of carboxylic acids is 1. The van der Waals surface area contributed by atoms with Gasteiger partial charge in [-0.2, -0.15) is 0 Å². The Bertz CT molecular complexity index is 1240. The Hall–Kier alpha value is -3.30. The summed E-state index contributed by atoms with van der Waals surface area (Å²) in [6, 6.07) is 2.72. The molecular formula is C20H21N7O5S3. The number of nitrogens with zero attached hydrogens (tertiary/aromatic N) is 4. The lowest BCUT2D eigenvalue weighted by molar-refractivity contribution is -0.150. The number of hydrogen-bond donors (Lipinski definition) is 5. The highest BCUT2D eigenvalue weighted by Gasteiger charge is 2.54. The molecule has 35 heavy (non-hydrogen) atoms. The molecule has 0 spiro atoms. The number of nitrogen functional groups attached to an aromatic ring is 2. The zero-order valence-corrected chi connectivity index (χ0v) is 20.7. The molecule has 4 heterocycles. The summed E-state index contributed by atoms with van der Waals surface area (Å²) in [5, 5.41) is 25.6. The number of thioether (sulfide) groups is 2. The van der Waals surface area contributed by atoms with Gasteiger partial charge in [0.25, 0.3) is 11.8 Å². The molecule has 2 aliphatic rings. The Kier molecular flexibility index (Phi) is 7.18. The van der Waals surface area contributed by atoms with Gasteiger partial charge in [-0.3, -0.25) is 14.5 Å². The fourth-order valence-electron chi connectivity index (χ4n) is 3.70. The van der Waals surface area contributed by atoms with E-state index in [0.29, 0.717) is 28.6 Å². The minimum Gasteiger partial charge on any atom is -0.477 e. The van der Waals surface area contributed by atoms with Crippen LogP contribution in [0.2, 0.25) is 0 Å². The van der Waals surface area contributed by atoms with Gasteiger partial charge in [-0.15, -0.1) is 34.9 Å². The third-order valence-electron chi connectivity index (χ3n) is 5.18. The number of carbonyl (C=O) groups excluding carboxylic acids is 2. The minimum absolute atomic E-state index is 0.0714. The minimum atomic E-state index is -1.22. The van der Waals surface area contributed by atoms with Crippen LogP contribution in [0.15, 0.2) is 33.3 Å². The van der Waals surface area contributed by atoms with E-state index in [0.717, 1.165) is 22.6 Å². The van der Waals surface area contributed by atoms with Crippen LogP contribution >= 0.6 is 34.9 Å². The van der Waals surface area contributed by atoms with Crippen LogP contribution in [0.25, 0.3) is 0 Å². The van der Waals surface area contributed by atoms with Gasteiger partial charge >= 0.3 is 5.97 Å². The second-order valence-electron chi connectivity index (χ2n) is 7.62. The molecule has 184 valence electrons. The molecule has 2 aliphatic heterocycles. The topological polar surface area (TPSA) is 197 Å². The number of thiazole rings is 1. The number of carbonyl (C=O) groups is 3. The van der Waals surface area contributed by atoms with Crippen molar-refractivity contribution in [3.8, 4) is 0 Å². The molecule has 0 aromatic carbocycles. The molecule has 0 unspecified atom stereocenters. The number of fused-ring (bicyclic) bond motifs is 1. The molecule has 2 amide bonds. The summed E-state index contributed by atoms with van der Waals surface area (Å²) in [7, 11) is 0. The molecule has 15 heteroatoms. The summed E-state index contributed by atoms with van der Waals surface area (Å²) >= 11 is 3.76. The predicted octanol–water partition coefficient (Wildman–Crippen LogP) is 0.861. The van der Waals surface area contributed by atoms with Crippen LogP contribution in [0.1, 0.15) is 17.0 Å². The number of aryl methyl sites for hydroxylation is 2. The molecule has 12 nitrogen and oxygen atoms in total. The van der Waals surface area contributed by atoms with E-state index in [4.69, 9.17) is 11.5 Å². The van der Waals surface area contributed by atoms with E-state index in [2.05, 4.69) is 20.4 Å². The van der Waals surface area contributed by atoms with Gasteiger partial charge in [-0.1, -0.05) is 5.16 Å². The molecule has 0 aliphatic carbocycles. The number of anilines is 2. The molecule has 7 N–H and O–H groups in total. The lowest BCUT2D eigenvalue weighted by Gasteiger charge is -2.49. The Balaban J connectivity index is 1.44. The van der Waals surface area contributed by atoms with Crippen LogP contribution in [0.4, 0.5) is 10.9 Å². The molecule has 2 atom stereocenters. The van der Waals surface area contributed by atoms with Gasteiger partial charge in [0.15, 0.2) is 10.8 Å². The standard InChI is InChI=1S/C20H21N7O5S3/c1-8-4-9(23-12(21)5-8)2-3-33-11-7-34-18-14(17(29)27(18)15(11)19(30)31)25-16(28)13(26-32)10-6-35-20(22)24-10/h4-6,14,18,32H,2-3,7H2,1H3,(H2,21,23)(H2,22,24)(H,25,28)(H,30,31)/b26-13-/t14-,18-/m1/s1. The number of β-lactam (4-membered cyclic amide) rings is 1. The number of aliphatic carboxylic acids is 1. The normalized spacial score (nSPS) is 19.9. The lowest BCUT2D eigenvalue weighted by atomic mass is 10.0. The van der Waals surface area contributed by atoms with Crippen molar-refractivity contribution in [2.45, 2.75) is 24.8 Å². The molecule has 0 radical (unpaired) electrons. The summed E-state index contributed by atoms with van der Waals surface area (Å²) in [5.41, 5.74) is 12.7. The average Bonchev–Trinajstić information content (AvgIpc) is 3.22. The summed E-state index contributed by atoms with van der Waals surface area (Å²) in [6.45, 7) is 1.92. The third-order valence-corrected chi connectivity index (χ3v) is 8.41. The number of nitrogens with one attached hydrogen (secondary N) is 1. The Labute approximate surface area is 211 Å². The number of carboxylic acid groups (broad SMARTS) is 1. The van der Waals surface area contributed by atoms with Gasteiger partial charge in [0.1, 0.15) is 28.6 Å². The van der Waals surface area contributed by atoms with Crippen molar-refractivity contribution in [2.75, 3.05) is 23.0 Å². The van der Waals surface area contributed by atoms with Crippen molar-refractivity contribution < 1.29 is 24.7 Å². The smallest absolute Gasteiger partial charge is 0.353 e. The average molecular weight is 536 g/mol. The number of pyridine rings is 1. The van der Waals surface area contributed by atoms with Crippen molar-refractivity contribution in [2.24, 2.45) is 5.16 Å². The maximum atomic E-state index is 12.8. The number of oxime groups is 1. The van der Waals surface area contributed by atoms with E-state index in [1.54, 1.807) is 6.07 Å². The predicted molar refractivity (Wildman–Crippen MR) is 134 cm³/mol. The Morgan fingerprint density at radius 2 is 2.11 bits per heavy atom. The highest BCUT2D eigenvalue weighted by atomic mass is 32.2. The molecule has 0 bridgehead atoms.